The van der Waals surface area contributed by atoms with Crippen LogP contribution >= 0.6 is 0 Å². The molecule has 0 saturated heterocycles. The van der Waals surface area contributed by atoms with Crippen LogP contribution in [0.1, 0.15) is 0 Å². The van der Waals surface area contributed by atoms with Gasteiger partial charge < -0.3 is 5.73 Å². The number of anilines is 1. The Morgan fingerprint density at radius 1 is 1.25 bits per heavy atom. The van der Waals surface area contributed by atoms with E-state index in [-0.39, 0.29) is 5.69 Å². The van der Waals surface area contributed by atoms with Crippen molar-refractivity contribution in [3.63, 3.8) is 0 Å². The maximum Gasteiger partial charge on any atom is 0.273 e. The molecule has 0 radical (unpaired) electrons. The van der Waals surface area contributed by atoms with E-state index in [0.29, 0.717) is 11.4 Å². The van der Waals surface area contributed by atoms with Crippen molar-refractivity contribution in [3.05, 3.63) is 52.7 Å². The highest BCUT2D eigenvalue weighted by atomic mass is 16.6. The molecule has 0 aliphatic rings. The molecule has 2 rings (SSSR count). The van der Waals surface area contributed by atoms with Gasteiger partial charge in [0.25, 0.3) is 5.69 Å². The molecule has 1 aromatic carbocycles. The van der Waals surface area contributed by atoms with Gasteiger partial charge in [-0.05, 0) is 12.1 Å². The molecule has 0 atom stereocenters. The third-order valence-electron chi connectivity index (χ3n) is 2.14. The Balaban J connectivity index is 2.48. The predicted octanol–water partition coefficient (Wildman–Crippen LogP) is 2.24. The lowest BCUT2D eigenvalue weighted by Crippen LogP contribution is -1.91. The quantitative estimate of drug-likeness (QED) is 0.473. The van der Waals surface area contributed by atoms with Crippen LogP contribution in [-0.4, -0.2) is 9.91 Å². The van der Waals surface area contributed by atoms with Crippen LogP contribution in [0.4, 0.5) is 11.4 Å². The summed E-state index contributed by atoms with van der Waals surface area (Å²) < 4.78 is 0. The van der Waals surface area contributed by atoms with Crippen LogP contribution in [0.3, 0.4) is 0 Å². The van der Waals surface area contributed by atoms with E-state index < -0.39 is 4.92 Å². The van der Waals surface area contributed by atoms with Gasteiger partial charge in [0.1, 0.15) is 0 Å². The van der Waals surface area contributed by atoms with E-state index in [1.807, 2.05) is 6.07 Å². The highest BCUT2D eigenvalue weighted by Gasteiger charge is 2.08. The van der Waals surface area contributed by atoms with Gasteiger partial charge in [-0.3, -0.25) is 15.1 Å². The molecule has 16 heavy (non-hydrogen) atoms. The van der Waals surface area contributed by atoms with E-state index in [0.717, 1.165) is 5.56 Å². The van der Waals surface area contributed by atoms with Gasteiger partial charge in [0.05, 0.1) is 10.6 Å². The Kier molecular flexibility index (Phi) is 2.51. The molecule has 0 aliphatic carbocycles. The summed E-state index contributed by atoms with van der Waals surface area (Å²) >= 11 is 0. The molecular formula is C11H9N3O2. The second-order valence-electron chi connectivity index (χ2n) is 3.28. The minimum absolute atomic E-state index is 0.0208. The molecule has 5 nitrogen and oxygen atoms in total. The fourth-order valence-electron chi connectivity index (χ4n) is 1.39. The van der Waals surface area contributed by atoms with E-state index in [4.69, 9.17) is 5.73 Å². The zero-order chi connectivity index (χ0) is 11.5. The number of aromatic nitrogens is 1. The van der Waals surface area contributed by atoms with Crippen molar-refractivity contribution < 1.29 is 4.92 Å². The first-order valence-corrected chi connectivity index (χ1v) is 4.63. The first kappa shape index (κ1) is 10.1. The van der Waals surface area contributed by atoms with Crippen LogP contribution in [-0.2, 0) is 0 Å². The smallest absolute Gasteiger partial charge is 0.273 e. The molecule has 0 spiro atoms. The molecule has 0 amide bonds. The molecular weight excluding hydrogens is 206 g/mol. The molecule has 2 aromatic rings. The van der Waals surface area contributed by atoms with Crippen molar-refractivity contribution in [1.82, 2.24) is 4.98 Å². The van der Waals surface area contributed by atoms with Gasteiger partial charge in [-0.2, -0.15) is 0 Å². The molecule has 0 fully saturated rings. The monoisotopic (exact) mass is 215 g/mol. The van der Waals surface area contributed by atoms with Crippen molar-refractivity contribution >= 4 is 11.4 Å². The highest BCUT2D eigenvalue weighted by Crippen LogP contribution is 2.22. The summed E-state index contributed by atoms with van der Waals surface area (Å²) in [7, 11) is 0. The second-order valence-corrected chi connectivity index (χ2v) is 3.28. The van der Waals surface area contributed by atoms with Crippen LogP contribution < -0.4 is 5.73 Å². The van der Waals surface area contributed by atoms with Crippen LogP contribution in [0.2, 0.25) is 0 Å². The normalized spacial score (nSPS) is 10.0. The van der Waals surface area contributed by atoms with Crippen LogP contribution in [0.15, 0.2) is 42.6 Å². The summed E-state index contributed by atoms with van der Waals surface area (Å²) in [5.41, 5.74) is 7.57. The number of nitrogens with zero attached hydrogens (tertiary/aromatic N) is 2. The fourth-order valence-corrected chi connectivity index (χ4v) is 1.39. The summed E-state index contributed by atoms with van der Waals surface area (Å²) in [5.74, 6) is 0. The Labute approximate surface area is 91.7 Å². The first-order valence-electron chi connectivity index (χ1n) is 4.63. The Bertz CT molecular complexity index is 540. The topological polar surface area (TPSA) is 82.0 Å². The van der Waals surface area contributed by atoms with Crippen molar-refractivity contribution in [2.45, 2.75) is 0 Å². The van der Waals surface area contributed by atoms with Gasteiger partial charge in [0, 0.05) is 29.6 Å². The largest absolute Gasteiger partial charge is 0.399 e. The summed E-state index contributed by atoms with van der Waals surface area (Å²) in [6.07, 6.45) is 1.41. The summed E-state index contributed by atoms with van der Waals surface area (Å²) in [4.78, 5) is 14.2. The maximum absolute atomic E-state index is 10.6. The highest BCUT2D eigenvalue weighted by molar-refractivity contribution is 5.65. The van der Waals surface area contributed by atoms with Gasteiger partial charge in [0.2, 0.25) is 0 Å². The molecule has 80 valence electrons. The zero-order valence-corrected chi connectivity index (χ0v) is 8.33. The molecule has 0 unspecified atom stereocenters. The fraction of sp³-hybridized carbons (Fsp3) is 0. The average molecular weight is 215 g/mol. The zero-order valence-electron chi connectivity index (χ0n) is 8.33. The SMILES string of the molecule is Nc1cccc(-c2cc([N+](=O)[O-])ccn2)c1. The van der Waals surface area contributed by atoms with Crippen molar-refractivity contribution in [2.24, 2.45) is 0 Å². The molecule has 1 aromatic heterocycles. The molecule has 0 saturated carbocycles. The van der Waals surface area contributed by atoms with Crippen LogP contribution in [0.5, 0.6) is 0 Å². The summed E-state index contributed by atoms with van der Waals surface area (Å²) in [6.45, 7) is 0. The van der Waals surface area contributed by atoms with Crippen molar-refractivity contribution in [3.8, 4) is 11.3 Å². The molecule has 2 N–H and O–H groups in total. The van der Waals surface area contributed by atoms with E-state index in [1.165, 1.54) is 18.3 Å². The number of pyridine rings is 1. The number of nitrogens with two attached hydrogens (primary N) is 1. The summed E-state index contributed by atoms with van der Waals surface area (Å²) in [6, 6.07) is 9.85. The number of rotatable bonds is 2. The predicted molar refractivity (Wildman–Crippen MR) is 60.7 cm³/mol. The van der Waals surface area contributed by atoms with Gasteiger partial charge in [-0.15, -0.1) is 0 Å². The number of hydrogen-bond donors (Lipinski definition) is 1. The lowest BCUT2D eigenvalue weighted by molar-refractivity contribution is -0.384. The number of benzene rings is 1. The van der Waals surface area contributed by atoms with Crippen LogP contribution in [0.25, 0.3) is 11.3 Å². The number of nitro groups is 1. The van der Waals surface area contributed by atoms with Crippen LogP contribution in [0, 0.1) is 10.1 Å². The maximum atomic E-state index is 10.6. The molecule has 0 bridgehead atoms. The van der Waals surface area contributed by atoms with E-state index >= 15 is 0 Å². The second kappa shape index (κ2) is 3.98. The van der Waals surface area contributed by atoms with Gasteiger partial charge in [-0.1, -0.05) is 12.1 Å². The standard InChI is InChI=1S/C11H9N3O2/c12-9-3-1-2-8(6-9)11-7-10(14(15)16)4-5-13-11/h1-7H,12H2. The first-order chi connectivity index (χ1) is 7.66. The van der Waals surface area contributed by atoms with Gasteiger partial charge in [0.15, 0.2) is 0 Å². The number of hydrogen-bond acceptors (Lipinski definition) is 4. The third-order valence-corrected chi connectivity index (χ3v) is 2.14. The molecule has 0 aliphatic heterocycles. The van der Waals surface area contributed by atoms with E-state index in [9.17, 15) is 10.1 Å². The van der Waals surface area contributed by atoms with Crippen molar-refractivity contribution in [1.29, 1.82) is 0 Å². The minimum Gasteiger partial charge on any atom is -0.399 e. The van der Waals surface area contributed by atoms with E-state index in [2.05, 4.69) is 4.98 Å². The Morgan fingerprint density at radius 3 is 2.75 bits per heavy atom. The van der Waals surface area contributed by atoms with Gasteiger partial charge in [-0.25, -0.2) is 0 Å². The number of nitrogen functional groups attached to an aromatic ring is 1. The summed E-state index contributed by atoms with van der Waals surface area (Å²) in [5, 5.41) is 10.6. The molecule has 1 heterocycles. The lowest BCUT2D eigenvalue weighted by Gasteiger charge is -2.01. The molecule has 5 heteroatoms. The Morgan fingerprint density at radius 2 is 2.06 bits per heavy atom. The van der Waals surface area contributed by atoms with Gasteiger partial charge >= 0.3 is 0 Å². The minimum atomic E-state index is -0.447. The lowest BCUT2D eigenvalue weighted by atomic mass is 10.1. The van der Waals surface area contributed by atoms with Crippen molar-refractivity contribution in [2.75, 3.05) is 5.73 Å². The third kappa shape index (κ3) is 1.98. The van der Waals surface area contributed by atoms with E-state index in [1.54, 1.807) is 18.2 Å². The average Bonchev–Trinajstić information content (AvgIpc) is 2.29. The Hall–Kier alpha value is -2.43.